The van der Waals surface area contributed by atoms with Crippen LogP contribution in [-0.2, 0) is 14.8 Å². The van der Waals surface area contributed by atoms with E-state index in [2.05, 4.69) is 5.32 Å². The molecule has 2 saturated heterocycles. The Hall–Kier alpha value is -1.68. The largest absolute Gasteiger partial charge is 0.369 e. The second-order valence-electron chi connectivity index (χ2n) is 7.24. The third-order valence-electron chi connectivity index (χ3n) is 5.19. The molecule has 0 spiro atoms. The molecule has 2 heterocycles. The van der Waals surface area contributed by atoms with Gasteiger partial charge in [0.25, 0.3) is 5.91 Å². The number of rotatable bonds is 6. The van der Waals surface area contributed by atoms with E-state index in [1.165, 1.54) is 22.5 Å². The summed E-state index contributed by atoms with van der Waals surface area (Å²) >= 11 is 6.17. The highest BCUT2D eigenvalue weighted by Crippen LogP contribution is 2.25. The van der Waals surface area contributed by atoms with E-state index >= 15 is 0 Å². The van der Waals surface area contributed by atoms with E-state index < -0.39 is 15.9 Å². The highest BCUT2D eigenvalue weighted by molar-refractivity contribution is 7.89. The molecule has 0 radical (unpaired) electrons. The number of benzene rings is 1. The topological polar surface area (TPSA) is 113 Å². The Morgan fingerprint density at radius 1 is 1.14 bits per heavy atom. The van der Waals surface area contributed by atoms with E-state index in [1.54, 1.807) is 0 Å². The lowest BCUT2D eigenvalue weighted by Crippen LogP contribution is -2.46. The van der Waals surface area contributed by atoms with Crippen LogP contribution in [0.1, 0.15) is 36.0 Å². The fourth-order valence-corrected chi connectivity index (χ4v) is 5.38. The van der Waals surface area contributed by atoms with E-state index in [-0.39, 0.29) is 34.0 Å². The molecule has 2 amide bonds. The molecule has 0 aromatic heterocycles. The van der Waals surface area contributed by atoms with Gasteiger partial charge in [0, 0.05) is 32.2 Å². The van der Waals surface area contributed by atoms with Crippen LogP contribution in [0.4, 0.5) is 0 Å². The number of nitrogens with two attached hydrogens (primary N) is 1. The Bertz CT molecular complexity index is 847. The Morgan fingerprint density at radius 2 is 1.79 bits per heavy atom. The molecule has 0 unspecified atom stereocenters. The minimum atomic E-state index is -3.62. The Balaban J connectivity index is 1.68. The quantitative estimate of drug-likeness (QED) is 0.696. The van der Waals surface area contributed by atoms with E-state index in [1.807, 2.05) is 4.90 Å². The monoisotopic (exact) mass is 428 g/mol. The van der Waals surface area contributed by atoms with Crippen LogP contribution in [0.25, 0.3) is 0 Å². The number of nitrogens with one attached hydrogen (secondary N) is 1. The highest BCUT2D eigenvalue weighted by atomic mass is 35.5. The Kier molecular flexibility index (Phi) is 6.59. The Labute approximate surface area is 170 Å². The summed E-state index contributed by atoms with van der Waals surface area (Å²) in [4.78, 5) is 25.7. The molecule has 0 saturated carbocycles. The van der Waals surface area contributed by atoms with Crippen LogP contribution >= 0.6 is 11.6 Å². The third kappa shape index (κ3) is 4.83. The summed E-state index contributed by atoms with van der Waals surface area (Å²) in [5.74, 6) is -0.762. The molecule has 8 nitrogen and oxygen atoms in total. The zero-order valence-corrected chi connectivity index (χ0v) is 17.1. The molecule has 3 rings (SSSR count). The van der Waals surface area contributed by atoms with Crippen molar-refractivity contribution in [3.05, 3.63) is 28.8 Å². The van der Waals surface area contributed by atoms with Crippen LogP contribution in [0.15, 0.2) is 23.1 Å². The van der Waals surface area contributed by atoms with Crippen molar-refractivity contribution in [2.75, 3.05) is 32.7 Å². The van der Waals surface area contributed by atoms with Crippen LogP contribution in [0.5, 0.6) is 0 Å². The molecule has 154 valence electrons. The van der Waals surface area contributed by atoms with Crippen molar-refractivity contribution in [3.63, 3.8) is 0 Å². The molecule has 0 atom stereocenters. The summed E-state index contributed by atoms with van der Waals surface area (Å²) in [5.41, 5.74) is 5.36. The van der Waals surface area contributed by atoms with Crippen molar-refractivity contribution in [2.24, 2.45) is 5.73 Å². The van der Waals surface area contributed by atoms with E-state index in [0.717, 1.165) is 12.8 Å². The standard InChI is InChI=1S/C18H25ClN4O4S/c19-16-4-3-14(28(26,27)23-7-1-2-8-23)11-15(16)18(25)21-13-5-9-22(10-6-13)12-17(20)24/h3-4,11,13H,1-2,5-10,12H2,(H2,20,24)(H,21,25). The van der Waals surface area contributed by atoms with E-state index in [9.17, 15) is 18.0 Å². The van der Waals surface area contributed by atoms with Gasteiger partial charge in [-0.2, -0.15) is 4.31 Å². The van der Waals surface area contributed by atoms with Crippen molar-refractivity contribution >= 4 is 33.4 Å². The minimum absolute atomic E-state index is 0.0634. The lowest BCUT2D eigenvalue weighted by Gasteiger charge is -2.31. The average Bonchev–Trinajstić information content (AvgIpc) is 3.18. The molecule has 1 aromatic rings. The number of sulfonamides is 1. The first-order chi connectivity index (χ1) is 13.3. The second-order valence-corrected chi connectivity index (χ2v) is 9.59. The van der Waals surface area contributed by atoms with Gasteiger partial charge in [0.05, 0.1) is 22.0 Å². The van der Waals surface area contributed by atoms with Gasteiger partial charge >= 0.3 is 0 Å². The average molecular weight is 429 g/mol. The fourth-order valence-electron chi connectivity index (χ4n) is 3.64. The van der Waals surface area contributed by atoms with Crippen molar-refractivity contribution < 1.29 is 18.0 Å². The van der Waals surface area contributed by atoms with Gasteiger partial charge < -0.3 is 11.1 Å². The maximum Gasteiger partial charge on any atom is 0.253 e. The van der Waals surface area contributed by atoms with Crippen molar-refractivity contribution in [3.8, 4) is 0 Å². The summed E-state index contributed by atoms with van der Waals surface area (Å²) < 4.78 is 26.9. The van der Waals surface area contributed by atoms with Crippen LogP contribution in [-0.4, -0.2) is 68.2 Å². The molecule has 1 aromatic carbocycles. The normalized spacial score (nSPS) is 19.6. The number of carbonyl (C=O) groups is 2. The molecule has 3 N–H and O–H groups in total. The molecule has 0 aliphatic carbocycles. The summed E-state index contributed by atoms with van der Waals surface area (Å²) in [6.07, 6.45) is 3.05. The number of carbonyl (C=O) groups excluding carboxylic acids is 2. The first-order valence-corrected chi connectivity index (χ1v) is 11.2. The maximum atomic E-state index is 12.7. The third-order valence-corrected chi connectivity index (χ3v) is 7.41. The number of hydrogen-bond donors (Lipinski definition) is 2. The summed E-state index contributed by atoms with van der Waals surface area (Å²) in [5, 5.41) is 3.14. The zero-order chi connectivity index (χ0) is 20.3. The molecule has 10 heteroatoms. The number of primary amides is 1. The number of hydrogen-bond acceptors (Lipinski definition) is 5. The van der Waals surface area contributed by atoms with Crippen molar-refractivity contribution in [2.45, 2.75) is 36.6 Å². The number of nitrogens with zero attached hydrogens (tertiary/aromatic N) is 2. The van der Waals surface area contributed by atoms with Gasteiger partial charge in [-0.1, -0.05) is 11.6 Å². The molecule has 2 aliphatic heterocycles. The number of halogens is 1. The molecular formula is C18H25ClN4O4S. The minimum Gasteiger partial charge on any atom is -0.369 e. The molecule has 28 heavy (non-hydrogen) atoms. The number of piperidine rings is 1. The van der Waals surface area contributed by atoms with Gasteiger partial charge in [-0.05, 0) is 43.9 Å². The molecule has 0 bridgehead atoms. The maximum absolute atomic E-state index is 12.7. The smallest absolute Gasteiger partial charge is 0.253 e. The highest BCUT2D eigenvalue weighted by Gasteiger charge is 2.29. The lowest BCUT2D eigenvalue weighted by molar-refractivity contribution is -0.119. The predicted molar refractivity (Wildman–Crippen MR) is 106 cm³/mol. The molecule has 2 aliphatic rings. The first kappa shape index (κ1) is 21.0. The molecular weight excluding hydrogens is 404 g/mol. The number of likely N-dealkylation sites (tertiary alicyclic amines) is 1. The zero-order valence-electron chi connectivity index (χ0n) is 15.6. The van der Waals surface area contributed by atoms with Gasteiger partial charge in [0.1, 0.15) is 0 Å². The fraction of sp³-hybridized carbons (Fsp3) is 0.556. The van der Waals surface area contributed by atoms with E-state index in [0.29, 0.717) is 39.0 Å². The van der Waals surface area contributed by atoms with Crippen molar-refractivity contribution in [1.29, 1.82) is 0 Å². The number of amides is 2. The van der Waals surface area contributed by atoms with Crippen LogP contribution in [0, 0.1) is 0 Å². The van der Waals surface area contributed by atoms with E-state index in [4.69, 9.17) is 17.3 Å². The van der Waals surface area contributed by atoms with Crippen LogP contribution in [0.3, 0.4) is 0 Å². The van der Waals surface area contributed by atoms with Crippen molar-refractivity contribution in [1.82, 2.24) is 14.5 Å². The van der Waals surface area contributed by atoms with Gasteiger partial charge in [-0.15, -0.1) is 0 Å². The summed E-state index contributed by atoms with van der Waals surface area (Å²) in [6, 6.07) is 4.18. The summed E-state index contributed by atoms with van der Waals surface area (Å²) in [6.45, 7) is 2.52. The van der Waals surface area contributed by atoms with Gasteiger partial charge in [-0.25, -0.2) is 8.42 Å². The van der Waals surface area contributed by atoms with Gasteiger partial charge in [0.2, 0.25) is 15.9 Å². The van der Waals surface area contributed by atoms with Crippen LogP contribution in [0.2, 0.25) is 5.02 Å². The second kappa shape index (κ2) is 8.77. The predicted octanol–water partition coefficient (Wildman–Crippen LogP) is 0.804. The lowest BCUT2D eigenvalue weighted by atomic mass is 10.0. The van der Waals surface area contributed by atoms with Gasteiger partial charge in [-0.3, -0.25) is 14.5 Å². The molecule has 2 fully saturated rings. The van der Waals surface area contributed by atoms with Gasteiger partial charge in [0.15, 0.2) is 0 Å². The van der Waals surface area contributed by atoms with Crippen LogP contribution < -0.4 is 11.1 Å². The SMILES string of the molecule is NC(=O)CN1CCC(NC(=O)c2cc(S(=O)(=O)N3CCCC3)ccc2Cl)CC1. The first-order valence-electron chi connectivity index (χ1n) is 9.38. The summed E-state index contributed by atoms with van der Waals surface area (Å²) in [7, 11) is -3.62. The Morgan fingerprint density at radius 3 is 2.39 bits per heavy atom.